The molecule has 2 N–H and O–H groups in total. The van der Waals surface area contributed by atoms with E-state index in [0.717, 1.165) is 0 Å². The van der Waals surface area contributed by atoms with Gasteiger partial charge in [-0.1, -0.05) is 44.0 Å². The lowest BCUT2D eigenvalue weighted by Crippen LogP contribution is -2.44. The van der Waals surface area contributed by atoms with Crippen LogP contribution in [0.4, 0.5) is 0 Å². The number of halogens is 1. The summed E-state index contributed by atoms with van der Waals surface area (Å²) in [5.41, 5.74) is 0. The van der Waals surface area contributed by atoms with Crippen molar-refractivity contribution in [3.05, 3.63) is 29.3 Å². The van der Waals surface area contributed by atoms with Crippen LogP contribution >= 0.6 is 11.6 Å². The second-order valence-electron chi connectivity index (χ2n) is 4.25. The van der Waals surface area contributed by atoms with Crippen molar-refractivity contribution in [2.75, 3.05) is 0 Å². The molecule has 0 aliphatic carbocycles. The van der Waals surface area contributed by atoms with E-state index >= 15 is 0 Å². The molecular weight excluding hydrogens is 290 g/mol. The minimum atomic E-state index is -3.95. The van der Waals surface area contributed by atoms with Gasteiger partial charge in [0, 0.05) is 0 Å². The highest BCUT2D eigenvalue weighted by Crippen LogP contribution is 2.21. The van der Waals surface area contributed by atoms with Crippen molar-refractivity contribution >= 4 is 27.6 Å². The maximum atomic E-state index is 12.1. The fraction of sp³-hybridized carbons (Fsp3) is 0.417. The van der Waals surface area contributed by atoms with E-state index in [2.05, 4.69) is 4.72 Å². The largest absolute Gasteiger partial charge is 0.480 e. The molecule has 0 aliphatic rings. The Labute approximate surface area is 117 Å². The van der Waals surface area contributed by atoms with Crippen LogP contribution in [0.1, 0.15) is 20.3 Å². The molecule has 0 unspecified atom stereocenters. The van der Waals surface area contributed by atoms with Crippen LogP contribution < -0.4 is 4.72 Å². The zero-order valence-electron chi connectivity index (χ0n) is 10.6. The smallest absolute Gasteiger partial charge is 0.322 e. The number of hydrogen-bond acceptors (Lipinski definition) is 3. The Hall–Kier alpha value is -1.11. The number of nitrogens with one attached hydrogen (secondary N) is 1. The maximum absolute atomic E-state index is 12.1. The van der Waals surface area contributed by atoms with Crippen molar-refractivity contribution in [1.82, 2.24) is 4.72 Å². The summed E-state index contributed by atoms with van der Waals surface area (Å²) in [4.78, 5) is 11.0. The first-order valence-electron chi connectivity index (χ1n) is 5.79. The van der Waals surface area contributed by atoms with Crippen LogP contribution in [0, 0.1) is 5.92 Å². The minimum absolute atomic E-state index is 0.0586. The molecule has 19 heavy (non-hydrogen) atoms. The standard InChI is InChI=1S/C12H16ClNO4S/c1-3-8(2)11(12(15)16)14-19(17,18)10-7-5-4-6-9(10)13/h4-8,11,14H,3H2,1-2H3,(H,15,16)/t8-,11-/m0/s1. The molecule has 0 saturated heterocycles. The van der Waals surface area contributed by atoms with E-state index in [1.165, 1.54) is 18.2 Å². The van der Waals surface area contributed by atoms with Crippen LogP contribution in [0.15, 0.2) is 29.2 Å². The number of carbonyl (C=O) groups is 1. The number of carboxylic acid groups (broad SMARTS) is 1. The first-order chi connectivity index (χ1) is 8.79. The van der Waals surface area contributed by atoms with Gasteiger partial charge >= 0.3 is 5.97 Å². The topological polar surface area (TPSA) is 83.5 Å². The third-order valence-electron chi connectivity index (χ3n) is 2.89. The van der Waals surface area contributed by atoms with Gasteiger partial charge in [-0.2, -0.15) is 4.72 Å². The molecule has 0 aliphatic heterocycles. The molecule has 0 aromatic heterocycles. The predicted octanol–water partition coefficient (Wildman–Crippen LogP) is 2.12. The number of aliphatic carboxylic acids is 1. The summed E-state index contributed by atoms with van der Waals surface area (Å²) in [6, 6.07) is 4.73. The van der Waals surface area contributed by atoms with Crippen LogP contribution in [0.2, 0.25) is 5.02 Å². The van der Waals surface area contributed by atoms with Crippen molar-refractivity contribution in [2.24, 2.45) is 5.92 Å². The number of sulfonamides is 1. The molecule has 1 rings (SSSR count). The molecular formula is C12H16ClNO4S. The van der Waals surface area contributed by atoms with Crippen LogP contribution in [0.3, 0.4) is 0 Å². The first kappa shape index (κ1) is 15.9. The lowest BCUT2D eigenvalue weighted by molar-refractivity contribution is -0.140. The normalized spacial score (nSPS) is 14.9. The Morgan fingerprint density at radius 2 is 2.00 bits per heavy atom. The Bertz CT molecular complexity index is 559. The van der Waals surface area contributed by atoms with Gasteiger partial charge in [-0.15, -0.1) is 0 Å². The average Bonchev–Trinajstić information content (AvgIpc) is 2.35. The van der Waals surface area contributed by atoms with E-state index in [1.54, 1.807) is 19.9 Å². The molecule has 0 saturated carbocycles. The van der Waals surface area contributed by atoms with Crippen LogP contribution in [-0.4, -0.2) is 25.5 Å². The second kappa shape index (κ2) is 6.36. The molecule has 5 nitrogen and oxygen atoms in total. The monoisotopic (exact) mass is 305 g/mol. The van der Waals surface area contributed by atoms with E-state index in [4.69, 9.17) is 16.7 Å². The summed E-state index contributed by atoms with van der Waals surface area (Å²) in [7, 11) is -3.95. The van der Waals surface area contributed by atoms with Crippen LogP contribution in [0.25, 0.3) is 0 Å². The van der Waals surface area contributed by atoms with Crippen molar-refractivity contribution in [3.63, 3.8) is 0 Å². The van der Waals surface area contributed by atoms with E-state index in [1.807, 2.05) is 0 Å². The molecule has 0 heterocycles. The highest BCUT2D eigenvalue weighted by Gasteiger charge is 2.30. The predicted molar refractivity (Wildman–Crippen MR) is 72.7 cm³/mol. The van der Waals surface area contributed by atoms with Gasteiger partial charge < -0.3 is 5.11 Å². The molecule has 0 fully saturated rings. The highest BCUT2D eigenvalue weighted by atomic mass is 35.5. The molecule has 106 valence electrons. The summed E-state index contributed by atoms with van der Waals surface area (Å²) in [6.45, 7) is 3.47. The van der Waals surface area contributed by atoms with E-state index in [0.29, 0.717) is 6.42 Å². The molecule has 0 amide bonds. The van der Waals surface area contributed by atoms with Gasteiger partial charge in [-0.25, -0.2) is 8.42 Å². The summed E-state index contributed by atoms with van der Waals surface area (Å²) in [6.07, 6.45) is 0.544. The third kappa shape index (κ3) is 3.92. The van der Waals surface area contributed by atoms with E-state index in [-0.39, 0.29) is 15.8 Å². The Kier molecular flexibility index (Phi) is 5.34. The third-order valence-corrected chi connectivity index (χ3v) is 4.83. The van der Waals surface area contributed by atoms with E-state index in [9.17, 15) is 13.2 Å². The van der Waals surface area contributed by atoms with Crippen molar-refractivity contribution < 1.29 is 18.3 Å². The Morgan fingerprint density at radius 3 is 2.47 bits per heavy atom. The zero-order valence-corrected chi connectivity index (χ0v) is 12.2. The van der Waals surface area contributed by atoms with Gasteiger partial charge in [-0.3, -0.25) is 4.79 Å². The van der Waals surface area contributed by atoms with Crippen molar-refractivity contribution in [1.29, 1.82) is 0 Å². The van der Waals surface area contributed by atoms with Crippen LogP contribution in [-0.2, 0) is 14.8 Å². The quantitative estimate of drug-likeness (QED) is 0.843. The molecule has 1 aromatic rings. The lowest BCUT2D eigenvalue weighted by Gasteiger charge is -2.20. The molecule has 2 atom stereocenters. The van der Waals surface area contributed by atoms with Gasteiger partial charge in [0.2, 0.25) is 10.0 Å². The van der Waals surface area contributed by atoms with Gasteiger partial charge in [0.05, 0.1) is 5.02 Å². The number of hydrogen-bond donors (Lipinski definition) is 2. The molecule has 7 heteroatoms. The summed E-state index contributed by atoms with van der Waals surface area (Å²) < 4.78 is 26.4. The molecule has 0 radical (unpaired) electrons. The minimum Gasteiger partial charge on any atom is -0.480 e. The highest BCUT2D eigenvalue weighted by molar-refractivity contribution is 7.89. The fourth-order valence-corrected chi connectivity index (χ4v) is 3.36. The first-order valence-corrected chi connectivity index (χ1v) is 7.65. The van der Waals surface area contributed by atoms with Crippen molar-refractivity contribution in [2.45, 2.75) is 31.2 Å². The summed E-state index contributed by atoms with van der Waals surface area (Å²) >= 11 is 5.82. The van der Waals surface area contributed by atoms with Gasteiger partial charge in [0.15, 0.2) is 0 Å². The average molecular weight is 306 g/mol. The lowest BCUT2D eigenvalue weighted by atomic mass is 10.0. The number of benzene rings is 1. The molecule has 0 bridgehead atoms. The zero-order chi connectivity index (χ0) is 14.6. The number of carboxylic acids is 1. The maximum Gasteiger partial charge on any atom is 0.322 e. The molecule has 0 spiro atoms. The van der Waals surface area contributed by atoms with Gasteiger partial charge in [0.25, 0.3) is 0 Å². The summed E-state index contributed by atoms with van der Waals surface area (Å²) in [5, 5.41) is 9.15. The Morgan fingerprint density at radius 1 is 1.42 bits per heavy atom. The fourth-order valence-electron chi connectivity index (χ4n) is 1.54. The number of rotatable bonds is 6. The van der Waals surface area contributed by atoms with Crippen LogP contribution in [0.5, 0.6) is 0 Å². The SMILES string of the molecule is CC[C@H](C)[C@H](NS(=O)(=O)c1ccccc1Cl)C(=O)O. The summed E-state index contributed by atoms with van der Waals surface area (Å²) in [5.74, 6) is -1.53. The Balaban J connectivity index is 3.08. The van der Waals surface area contributed by atoms with E-state index < -0.39 is 22.0 Å². The van der Waals surface area contributed by atoms with Gasteiger partial charge in [0.1, 0.15) is 10.9 Å². The van der Waals surface area contributed by atoms with Crippen molar-refractivity contribution in [3.8, 4) is 0 Å². The molecule has 1 aromatic carbocycles. The second-order valence-corrected chi connectivity index (χ2v) is 6.34. The van der Waals surface area contributed by atoms with Gasteiger partial charge in [-0.05, 0) is 18.1 Å².